The fourth-order valence-electron chi connectivity index (χ4n) is 2.12. The summed E-state index contributed by atoms with van der Waals surface area (Å²) in [6.45, 7) is 0. The number of nitrogen functional groups attached to an aromatic ring is 1. The van der Waals surface area contributed by atoms with Gasteiger partial charge in [-0.25, -0.2) is 4.79 Å². The predicted molar refractivity (Wildman–Crippen MR) is 76.7 cm³/mol. The number of esters is 1. The number of benzene rings is 1. The molecule has 1 aromatic rings. The molecule has 0 radical (unpaired) electrons. The first-order valence-electron chi connectivity index (χ1n) is 6.19. The van der Waals surface area contributed by atoms with Crippen LogP contribution in [0.4, 0.5) is 11.4 Å². The van der Waals surface area contributed by atoms with E-state index in [-0.39, 0.29) is 6.04 Å². The summed E-state index contributed by atoms with van der Waals surface area (Å²) in [5.41, 5.74) is 7.38. The number of ether oxygens (including phenoxy) is 1. The van der Waals surface area contributed by atoms with Gasteiger partial charge in [-0.2, -0.15) is 0 Å². The van der Waals surface area contributed by atoms with E-state index in [0.717, 1.165) is 18.5 Å². The van der Waals surface area contributed by atoms with Gasteiger partial charge in [-0.15, -0.1) is 0 Å². The van der Waals surface area contributed by atoms with Gasteiger partial charge in [0.25, 0.3) is 0 Å². The Bertz CT molecular complexity index is 495. The van der Waals surface area contributed by atoms with E-state index < -0.39 is 16.8 Å². The maximum Gasteiger partial charge on any atom is 0.340 e. The van der Waals surface area contributed by atoms with E-state index in [1.54, 1.807) is 18.2 Å². The molecular formula is C13H18N2O3S. The standard InChI is InChI=1S/C13H18N2O3S/c1-18-13(16)11-8-9(14)2-3-12(11)15-10-4-6-19(17)7-5-10/h2-3,8,10,15H,4-7,14H2,1H3. The van der Waals surface area contributed by atoms with Gasteiger partial charge < -0.3 is 15.8 Å². The van der Waals surface area contributed by atoms with E-state index in [2.05, 4.69) is 5.32 Å². The molecule has 6 heteroatoms. The predicted octanol–water partition coefficient (Wildman–Crippen LogP) is 1.38. The highest BCUT2D eigenvalue weighted by Crippen LogP contribution is 2.23. The number of carbonyl (C=O) groups is 1. The maximum atomic E-state index is 11.7. The Balaban J connectivity index is 2.15. The molecule has 0 bridgehead atoms. The number of methoxy groups -OCH3 is 1. The zero-order valence-corrected chi connectivity index (χ0v) is 11.7. The molecule has 19 heavy (non-hydrogen) atoms. The second-order valence-electron chi connectivity index (χ2n) is 4.56. The summed E-state index contributed by atoms with van der Waals surface area (Å²) < 4.78 is 16.1. The zero-order chi connectivity index (χ0) is 13.8. The third-order valence-corrected chi connectivity index (χ3v) is 4.58. The first-order chi connectivity index (χ1) is 9.10. The lowest BCUT2D eigenvalue weighted by Gasteiger charge is -2.24. The van der Waals surface area contributed by atoms with Crippen molar-refractivity contribution in [3.8, 4) is 0 Å². The Hall–Kier alpha value is -1.56. The molecule has 1 fully saturated rings. The third-order valence-electron chi connectivity index (χ3n) is 3.20. The highest BCUT2D eigenvalue weighted by Gasteiger charge is 2.20. The van der Waals surface area contributed by atoms with Crippen molar-refractivity contribution in [2.45, 2.75) is 18.9 Å². The summed E-state index contributed by atoms with van der Waals surface area (Å²) in [6, 6.07) is 5.38. The zero-order valence-electron chi connectivity index (χ0n) is 10.8. The van der Waals surface area contributed by atoms with Crippen molar-refractivity contribution in [2.75, 3.05) is 29.7 Å². The smallest absolute Gasteiger partial charge is 0.340 e. The molecule has 104 valence electrons. The molecule has 5 nitrogen and oxygen atoms in total. The van der Waals surface area contributed by atoms with Crippen LogP contribution < -0.4 is 11.1 Å². The van der Waals surface area contributed by atoms with Gasteiger partial charge in [0.05, 0.1) is 12.7 Å². The number of hydrogen-bond donors (Lipinski definition) is 2. The molecule has 0 spiro atoms. The van der Waals surface area contributed by atoms with Crippen LogP contribution in [-0.4, -0.2) is 34.8 Å². The van der Waals surface area contributed by atoms with Crippen molar-refractivity contribution in [1.82, 2.24) is 0 Å². The molecule has 0 saturated carbocycles. The summed E-state index contributed by atoms with van der Waals surface area (Å²) in [4.78, 5) is 11.7. The van der Waals surface area contributed by atoms with Crippen molar-refractivity contribution in [2.24, 2.45) is 0 Å². The van der Waals surface area contributed by atoms with Crippen LogP contribution in [0.5, 0.6) is 0 Å². The minimum absolute atomic E-state index is 0.240. The number of nitrogens with two attached hydrogens (primary N) is 1. The van der Waals surface area contributed by atoms with Gasteiger partial charge in [-0.1, -0.05) is 0 Å². The molecular weight excluding hydrogens is 264 g/mol. The van der Waals surface area contributed by atoms with Crippen LogP contribution in [0, 0.1) is 0 Å². The summed E-state index contributed by atoms with van der Waals surface area (Å²) in [5.74, 6) is 1.01. The molecule has 0 atom stereocenters. The lowest BCUT2D eigenvalue weighted by atomic mass is 10.1. The Labute approximate surface area is 115 Å². The lowest BCUT2D eigenvalue weighted by molar-refractivity contribution is 0.0602. The fourth-order valence-corrected chi connectivity index (χ4v) is 3.42. The quantitative estimate of drug-likeness (QED) is 0.646. The van der Waals surface area contributed by atoms with Crippen LogP contribution in [0.3, 0.4) is 0 Å². The van der Waals surface area contributed by atoms with Crippen molar-refractivity contribution in [1.29, 1.82) is 0 Å². The van der Waals surface area contributed by atoms with Crippen LogP contribution in [0.2, 0.25) is 0 Å². The SMILES string of the molecule is COC(=O)c1cc(N)ccc1NC1CCS(=O)CC1. The monoisotopic (exact) mass is 282 g/mol. The van der Waals surface area contributed by atoms with Gasteiger partial charge in [0.1, 0.15) is 0 Å². The van der Waals surface area contributed by atoms with Crippen LogP contribution in [-0.2, 0) is 15.5 Å². The molecule has 1 aliphatic heterocycles. The normalized spacial score (nSPS) is 22.8. The summed E-state index contributed by atoms with van der Waals surface area (Å²) in [6.07, 6.45) is 1.69. The van der Waals surface area contributed by atoms with E-state index >= 15 is 0 Å². The van der Waals surface area contributed by atoms with Gasteiger partial charge in [0.2, 0.25) is 0 Å². The van der Waals surface area contributed by atoms with Gasteiger partial charge in [-0.3, -0.25) is 4.21 Å². The van der Waals surface area contributed by atoms with Gasteiger partial charge in [-0.05, 0) is 31.0 Å². The summed E-state index contributed by atoms with van der Waals surface area (Å²) in [5, 5.41) is 3.32. The van der Waals surface area contributed by atoms with Gasteiger partial charge in [0, 0.05) is 39.7 Å². The van der Waals surface area contributed by atoms with Crippen LogP contribution in [0.25, 0.3) is 0 Å². The second-order valence-corrected chi connectivity index (χ2v) is 6.26. The molecule has 0 aromatic heterocycles. The van der Waals surface area contributed by atoms with Crippen LogP contribution in [0.15, 0.2) is 18.2 Å². The average Bonchev–Trinajstić information content (AvgIpc) is 2.42. The van der Waals surface area contributed by atoms with Crippen molar-refractivity contribution >= 4 is 28.1 Å². The van der Waals surface area contributed by atoms with Crippen molar-refractivity contribution in [3.05, 3.63) is 23.8 Å². The first kappa shape index (κ1) is 13.9. The number of carbonyl (C=O) groups excluding carboxylic acids is 1. The summed E-state index contributed by atoms with van der Waals surface area (Å²) >= 11 is 0. The molecule has 0 aliphatic carbocycles. The molecule has 1 aliphatic rings. The number of nitrogens with one attached hydrogen (secondary N) is 1. The van der Waals surface area contributed by atoms with Crippen molar-refractivity contribution in [3.63, 3.8) is 0 Å². The van der Waals surface area contributed by atoms with E-state index in [4.69, 9.17) is 10.5 Å². The van der Waals surface area contributed by atoms with Crippen molar-refractivity contribution < 1.29 is 13.7 Å². The molecule has 2 rings (SSSR count). The van der Waals surface area contributed by atoms with Gasteiger partial charge >= 0.3 is 5.97 Å². The Morgan fingerprint density at radius 3 is 2.74 bits per heavy atom. The highest BCUT2D eigenvalue weighted by molar-refractivity contribution is 7.85. The maximum absolute atomic E-state index is 11.7. The molecule has 1 saturated heterocycles. The second kappa shape index (κ2) is 6.06. The van der Waals surface area contributed by atoms with E-state index in [0.29, 0.717) is 22.8 Å². The fraction of sp³-hybridized carbons (Fsp3) is 0.462. The topological polar surface area (TPSA) is 81.4 Å². The third kappa shape index (κ3) is 3.47. The minimum atomic E-state index is -0.690. The average molecular weight is 282 g/mol. The number of anilines is 2. The Kier molecular flexibility index (Phi) is 4.42. The largest absolute Gasteiger partial charge is 0.465 e. The van der Waals surface area contributed by atoms with E-state index in [1.807, 2.05) is 0 Å². The molecule has 3 N–H and O–H groups in total. The highest BCUT2D eigenvalue weighted by atomic mass is 32.2. The van der Waals surface area contributed by atoms with Gasteiger partial charge in [0.15, 0.2) is 0 Å². The lowest BCUT2D eigenvalue weighted by Crippen LogP contribution is -2.30. The Morgan fingerprint density at radius 1 is 1.42 bits per heavy atom. The first-order valence-corrected chi connectivity index (χ1v) is 7.68. The van der Waals surface area contributed by atoms with E-state index in [9.17, 15) is 9.00 Å². The molecule has 1 heterocycles. The van der Waals surface area contributed by atoms with Crippen LogP contribution in [0.1, 0.15) is 23.2 Å². The minimum Gasteiger partial charge on any atom is -0.465 e. The number of hydrogen-bond acceptors (Lipinski definition) is 5. The molecule has 0 unspecified atom stereocenters. The molecule has 1 aromatic carbocycles. The number of rotatable bonds is 3. The van der Waals surface area contributed by atoms with Crippen LogP contribution >= 0.6 is 0 Å². The Morgan fingerprint density at radius 2 is 2.11 bits per heavy atom. The van der Waals surface area contributed by atoms with E-state index in [1.165, 1.54) is 7.11 Å². The summed E-state index contributed by atoms with van der Waals surface area (Å²) in [7, 11) is 0.656. The molecule has 0 amide bonds.